The zero-order valence-corrected chi connectivity index (χ0v) is 20.5. The lowest BCUT2D eigenvalue weighted by Crippen LogP contribution is -2.52. The topological polar surface area (TPSA) is 106 Å². The molecule has 8 nitrogen and oxygen atoms in total. The highest BCUT2D eigenvalue weighted by Crippen LogP contribution is 2.70. The van der Waals surface area contributed by atoms with Crippen molar-refractivity contribution in [3.05, 3.63) is 83.4 Å². The molecule has 3 aromatic rings. The van der Waals surface area contributed by atoms with Gasteiger partial charge in [0.25, 0.3) is 0 Å². The van der Waals surface area contributed by atoms with Crippen LogP contribution in [0.3, 0.4) is 0 Å². The Labute approximate surface area is 209 Å². The Morgan fingerprint density at radius 3 is 2.19 bits per heavy atom. The van der Waals surface area contributed by atoms with Crippen molar-refractivity contribution in [1.82, 2.24) is 5.32 Å². The van der Waals surface area contributed by atoms with Crippen LogP contribution in [0.4, 0.5) is 0 Å². The second-order valence-electron chi connectivity index (χ2n) is 9.01. The molecule has 0 bridgehead atoms. The Bertz CT molecular complexity index is 1280. The predicted octanol–water partition coefficient (Wildman–Crippen LogP) is 2.71. The van der Waals surface area contributed by atoms with Gasteiger partial charge in [0, 0.05) is 25.1 Å². The Kier molecular flexibility index (Phi) is 5.81. The monoisotopic (exact) mass is 491 g/mol. The molecular formula is C28H29NO7. The van der Waals surface area contributed by atoms with Crippen molar-refractivity contribution in [1.29, 1.82) is 0 Å². The molecule has 188 valence electrons. The second kappa shape index (κ2) is 8.72. The summed E-state index contributed by atoms with van der Waals surface area (Å²) in [7, 11) is 6.07. The number of benzene rings is 3. The second-order valence-corrected chi connectivity index (χ2v) is 9.01. The van der Waals surface area contributed by atoms with Gasteiger partial charge < -0.3 is 34.5 Å². The smallest absolute Gasteiger partial charge is 0.226 e. The Hall–Kier alpha value is -3.75. The van der Waals surface area contributed by atoms with E-state index in [4.69, 9.17) is 18.9 Å². The van der Waals surface area contributed by atoms with Crippen molar-refractivity contribution >= 4 is 5.91 Å². The van der Waals surface area contributed by atoms with Crippen LogP contribution in [0.2, 0.25) is 0 Å². The summed E-state index contributed by atoms with van der Waals surface area (Å²) in [6.07, 6.45) is -1.53. The third-order valence-electron chi connectivity index (χ3n) is 7.51. The van der Waals surface area contributed by atoms with Crippen LogP contribution in [0, 0.1) is 5.92 Å². The molecule has 1 amide bonds. The van der Waals surface area contributed by atoms with Crippen molar-refractivity contribution in [2.75, 3.05) is 28.4 Å². The number of amides is 1. The van der Waals surface area contributed by atoms with E-state index < -0.39 is 35.0 Å². The fraction of sp³-hybridized carbons (Fsp3) is 0.321. The quantitative estimate of drug-likeness (QED) is 0.487. The summed E-state index contributed by atoms with van der Waals surface area (Å²) in [5.74, 6) is -0.548. The maximum Gasteiger partial charge on any atom is 0.226 e. The third kappa shape index (κ3) is 3.04. The number of rotatable bonds is 6. The lowest BCUT2D eigenvalue weighted by Gasteiger charge is -2.40. The average Bonchev–Trinajstić information content (AvgIpc) is 3.30. The van der Waals surface area contributed by atoms with Crippen molar-refractivity contribution in [3.63, 3.8) is 0 Å². The molecule has 1 aliphatic heterocycles. The normalized spacial score (nSPS) is 28.0. The van der Waals surface area contributed by atoms with E-state index in [1.807, 2.05) is 30.3 Å². The first-order chi connectivity index (χ1) is 17.4. The summed E-state index contributed by atoms with van der Waals surface area (Å²) >= 11 is 0. The summed E-state index contributed by atoms with van der Waals surface area (Å²) < 4.78 is 23.2. The van der Waals surface area contributed by atoms with Crippen LogP contribution in [-0.2, 0) is 16.0 Å². The molecule has 1 fully saturated rings. The largest absolute Gasteiger partial charge is 0.497 e. The number of hydrogen-bond donors (Lipinski definition) is 3. The minimum absolute atomic E-state index is 0.265. The summed E-state index contributed by atoms with van der Waals surface area (Å²) in [4.78, 5) is 13.3. The summed E-state index contributed by atoms with van der Waals surface area (Å²) in [6.45, 7) is 0. The first-order valence-corrected chi connectivity index (χ1v) is 11.6. The van der Waals surface area contributed by atoms with Crippen molar-refractivity contribution < 1.29 is 34.0 Å². The van der Waals surface area contributed by atoms with Gasteiger partial charge in [0.2, 0.25) is 5.91 Å². The van der Waals surface area contributed by atoms with E-state index in [2.05, 4.69) is 5.32 Å². The maximum atomic E-state index is 13.3. The molecule has 0 spiro atoms. The number of hydrogen-bond acceptors (Lipinski definition) is 7. The van der Waals surface area contributed by atoms with E-state index in [1.165, 1.54) is 21.3 Å². The number of carbonyl (C=O) groups excluding carboxylic acids is 1. The molecule has 3 aromatic carbocycles. The molecule has 5 atom stereocenters. The number of ether oxygens (including phenoxy) is 4. The van der Waals surface area contributed by atoms with Crippen LogP contribution in [0.15, 0.2) is 66.7 Å². The molecule has 36 heavy (non-hydrogen) atoms. The van der Waals surface area contributed by atoms with Gasteiger partial charge in [-0.15, -0.1) is 0 Å². The van der Waals surface area contributed by atoms with E-state index in [0.717, 1.165) is 5.56 Å². The van der Waals surface area contributed by atoms with Gasteiger partial charge in [-0.1, -0.05) is 42.5 Å². The van der Waals surface area contributed by atoms with Gasteiger partial charge in [-0.2, -0.15) is 0 Å². The number of methoxy groups -OCH3 is 3. The van der Waals surface area contributed by atoms with E-state index in [1.54, 1.807) is 43.5 Å². The van der Waals surface area contributed by atoms with Gasteiger partial charge in [-0.25, -0.2) is 0 Å². The van der Waals surface area contributed by atoms with Crippen LogP contribution in [0.5, 0.6) is 23.0 Å². The lowest BCUT2D eigenvalue weighted by atomic mass is 9.70. The minimum Gasteiger partial charge on any atom is -0.497 e. The molecule has 0 aromatic heterocycles. The molecule has 2 unspecified atom stereocenters. The van der Waals surface area contributed by atoms with Crippen LogP contribution >= 0.6 is 0 Å². The molecule has 2 aliphatic rings. The highest BCUT2D eigenvalue weighted by atomic mass is 16.5. The van der Waals surface area contributed by atoms with E-state index >= 15 is 0 Å². The molecule has 0 saturated heterocycles. The number of aliphatic hydroxyl groups is 2. The SMILES string of the molecule is CNC(=O)C1C(O)[C@@]2(O)c3c(OC)cc(OC)cc3O[C@@]2(c2ccc(OC)cc2)[C@@H]1c1ccccc1. The number of carbonyl (C=O) groups is 1. The molecule has 1 saturated carbocycles. The highest BCUT2D eigenvalue weighted by molar-refractivity contribution is 5.83. The molecule has 1 aliphatic carbocycles. The van der Waals surface area contributed by atoms with E-state index in [9.17, 15) is 15.0 Å². The zero-order chi connectivity index (χ0) is 25.7. The Morgan fingerprint density at radius 2 is 1.61 bits per heavy atom. The van der Waals surface area contributed by atoms with E-state index in [0.29, 0.717) is 22.8 Å². The Morgan fingerprint density at radius 1 is 0.944 bits per heavy atom. The van der Waals surface area contributed by atoms with Gasteiger partial charge in [0.05, 0.1) is 32.8 Å². The number of nitrogens with one attached hydrogen (secondary N) is 1. The lowest BCUT2D eigenvalue weighted by molar-refractivity contribution is -0.154. The van der Waals surface area contributed by atoms with Crippen LogP contribution in [0.1, 0.15) is 22.6 Å². The number of fused-ring (bicyclic) bond motifs is 3. The summed E-state index contributed by atoms with van der Waals surface area (Å²) in [5.41, 5.74) is -2.06. The molecule has 3 N–H and O–H groups in total. The van der Waals surface area contributed by atoms with Gasteiger partial charge in [-0.3, -0.25) is 4.79 Å². The van der Waals surface area contributed by atoms with Crippen LogP contribution in [0.25, 0.3) is 0 Å². The van der Waals surface area contributed by atoms with Crippen LogP contribution in [-0.4, -0.2) is 50.6 Å². The number of aliphatic hydroxyl groups excluding tert-OH is 1. The third-order valence-corrected chi connectivity index (χ3v) is 7.51. The first kappa shape index (κ1) is 24.0. The maximum absolute atomic E-state index is 13.3. The fourth-order valence-electron chi connectivity index (χ4n) is 5.96. The first-order valence-electron chi connectivity index (χ1n) is 11.6. The van der Waals surface area contributed by atoms with Gasteiger partial charge in [-0.05, 0) is 23.3 Å². The Balaban J connectivity index is 1.88. The van der Waals surface area contributed by atoms with Gasteiger partial charge in [0.1, 0.15) is 29.1 Å². The summed E-state index contributed by atoms with van der Waals surface area (Å²) in [6, 6.07) is 19.7. The standard InChI is InChI=1S/C28H29NO7/c1-29-26(31)22-23(16-8-6-5-7-9-16)28(17-10-12-18(33-2)13-11-17)27(32,25(22)30)24-20(35-4)14-19(34-3)15-21(24)36-28/h5-15,22-23,25,30,32H,1-4H3,(H,29,31)/t22?,23-,25?,27+,28+/m1/s1. The highest BCUT2D eigenvalue weighted by Gasteiger charge is 2.78. The van der Waals surface area contributed by atoms with Gasteiger partial charge >= 0.3 is 0 Å². The molecule has 0 radical (unpaired) electrons. The van der Waals surface area contributed by atoms with Crippen molar-refractivity contribution in [2.24, 2.45) is 5.92 Å². The van der Waals surface area contributed by atoms with Crippen LogP contribution < -0.4 is 24.3 Å². The summed E-state index contributed by atoms with van der Waals surface area (Å²) in [5, 5.41) is 27.2. The van der Waals surface area contributed by atoms with Gasteiger partial charge in [0.15, 0.2) is 11.2 Å². The average molecular weight is 492 g/mol. The minimum atomic E-state index is -2.05. The van der Waals surface area contributed by atoms with E-state index in [-0.39, 0.29) is 11.3 Å². The zero-order valence-electron chi connectivity index (χ0n) is 20.5. The predicted molar refractivity (Wildman–Crippen MR) is 131 cm³/mol. The fourth-order valence-corrected chi connectivity index (χ4v) is 5.96. The molecule has 5 rings (SSSR count). The van der Waals surface area contributed by atoms with Crippen molar-refractivity contribution in [2.45, 2.75) is 23.2 Å². The molecule has 8 heteroatoms. The molecule has 1 heterocycles. The van der Waals surface area contributed by atoms with Crippen molar-refractivity contribution in [3.8, 4) is 23.0 Å². The molecular weight excluding hydrogens is 462 g/mol.